The zero-order chi connectivity index (χ0) is 20.9. The number of carboxylic acid groups (broad SMARTS) is 1. The van der Waals surface area contributed by atoms with E-state index in [0.29, 0.717) is 5.88 Å². The Hall–Kier alpha value is -3.66. The number of benzene rings is 3. The zero-order valence-electron chi connectivity index (χ0n) is 16.8. The molecule has 1 unspecified atom stereocenters. The molecule has 1 atom stereocenters. The van der Waals surface area contributed by atoms with Gasteiger partial charge >= 0.3 is 5.97 Å². The van der Waals surface area contributed by atoms with Gasteiger partial charge in [0, 0.05) is 11.5 Å². The van der Waals surface area contributed by atoms with Crippen molar-refractivity contribution in [2.45, 2.75) is 25.9 Å². The van der Waals surface area contributed by atoms with E-state index in [4.69, 9.17) is 4.74 Å². The minimum Gasteiger partial charge on any atom is -0.479 e. The van der Waals surface area contributed by atoms with Gasteiger partial charge in [-0.1, -0.05) is 66.7 Å². The summed E-state index contributed by atoms with van der Waals surface area (Å²) in [6.45, 7) is 1.50. The molecule has 1 aromatic heterocycles. The van der Waals surface area contributed by atoms with E-state index >= 15 is 0 Å². The molecule has 0 aliphatic carbocycles. The van der Waals surface area contributed by atoms with E-state index < -0.39 is 12.1 Å². The second-order valence-electron chi connectivity index (χ2n) is 7.31. The fraction of sp³-hybridized carbons (Fsp3) is 0.154. The highest BCUT2D eigenvalue weighted by molar-refractivity contribution is 5.95. The van der Waals surface area contributed by atoms with Gasteiger partial charge in [-0.25, -0.2) is 9.78 Å². The monoisotopic (exact) mass is 397 g/mol. The van der Waals surface area contributed by atoms with Crippen LogP contribution in [0.3, 0.4) is 0 Å². The molecule has 1 N–H and O–H groups in total. The summed E-state index contributed by atoms with van der Waals surface area (Å²) >= 11 is 0. The fourth-order valence-corrected chi connectivity index (χ4v) is 3.49. The standard InChI is InChI=1S/C26H23NO3/c1-18(26(28)29)30-25-17-22(21-10-6-3-7-11-21)23-16-20(14-15-24(23)27-25)13-12-19-8-4-2-5-9-19/h2-11,14-18H,12-13H2,1H3,(H,28,29). The number of carboxylic acids is 1. The first-order chi connectivity index (χ1) is 14.6. The van der Waals surface area contributed by atoms with Crippen LogP contribution in [-0.2, 0) is 17.6 Å². The maximum absolute atomic E-state index is 11.2. The van der Waals surface area contributed by atoms with Crippen LogP contribution in [0.2, 0.25) is 0 Å². The summed E-state index contributed by atoms with van der Waals surface area (Å²) in [5.41, 5.74) is 5.35. The van der Waals surface area contributed by atoms with Gasteiger partial charge in [0.1, 0.15) is 0 Å². The molecule has 3 aromatic carbocycles. The lowest BCUT2D eigenvalue weighted by Gasteiger charge is -2.14. The number of rotatable bonds is 7. The molecule has 0 fully saturated rings. The molecule has 30 heavy (non-hydrogen) atoms. The van der Waals surface area contributed by atoms with E-state index in [0.717, 1.165) is 34.9 Å². The van der Waals surface area contributed by atoms with Gasteiger partial charge in [-0.3, -0.25) is 0 Å². The molecule has 4 nitrogen and oxygen atoms in total. The Labute approximate surface area is 175 Å². The van der Waals surface area contributed by atoms with E-state index in [1.165, 1.54) is 18.1 Å². The molecule has 4 aromatic rings. The Morgan fingerprint density at radius 1 is 0.900 bits per heavy atom. The second kappa shape index (κ2) is 8.78. The maximum atomic E-state index is 11.2. The van der Waals surface area contributed by atoms with E-state index in [1.807, 2.05) is 48.5 Å². The number of hydrogen-bond donors (Lipinski definition) is 1. The van der Waals surface area contributed by atoms with Crippen LogP contribution < -0.4 is 4.74 Å². The highest BCUT2D eigenvalue weighted by Gasteiger charge is 2.16. The number of ether oxygens (including phenoxy) is 1. The highest BCUT2D eigenvalue weighted by atomic mass is 16.5. The van der Waals surface area contributed by atoms with Gasteiger partial charge in [0.05, 0.1) is 5.52 Å². The summed E-state index contributed by atoms with van der Waals surface area (Å²) in [5, 5.41) is 10.2. The predicted molar refractivity (Wildman–Crippen MR) is 119 cm³/mol. The molecule has 0 radical (unpaired) electrons. The molecule has 0 aliphatic heterocycles. The molecule has 0 saturated heterocycles. The minimum atomic E-state index is -1.02. The van der Waals surface area contributed by atoms with Crippen LogP contribution >= 0.6 is 0 Å². The Kier molecular flexibility index (Phi) is 5.75. The molecular weight excluding hydrogens is 374 g/mol. The molecule has 4 heteroatoms. The fourth-order valence-electron chi connectivity index (χ4n) is 3.49. The van der Waals surface area contributed by atoms with E-state index in [1.54, 1.807) is 0 Å². The number of aryl methyl sites for hydroxylation is 2. The molecule has 0 aliphatic rings. The first-order valence-electron chi connectivity index (χ1n) is 10.0. The number of aromatic nitrogens is 1. The third-order valence-electron chi connectivity index (χ3n) is 5.12. The number of fused-ring (bicyclic) bond motifs is 1. The summed E-state index contributed by atoms with van der Waals surface area (Å²) < 4.78 is 5.57. The van der Waals surface area contributed by atoms with Crippen molar-refractivity contribution in [1.82, 2.24) is 4.98 Å². The van der Waals surface area contributed by atoms with Crippen molar-refractivity contribution < 1.29 is 14.6 Å². The topological polar surface area (TPSA) is 59.4 Å². The molecule has 0 amide bonds. The smallest absolute Gasteiger partial charge is 0.344 e. The van der Waals surface area contributed by atoms with Crippen molar-refractivity contribution in [3.05, 3.63) is 96.1 Å². The lowest BCUT2D eigenvalue weighted by Crippen LogP contribution is -2.23. The first kappa shape index (κ1) is 19.6. The third-order valence-corrected chi connectivity index (χ3v) is 5.12. The largest absolute Gasteiger partial charge is 0.479 e. The van der Waals surface area contributed by atoms with Crippen LogP contribution in [0.4, 0.5) is 0 Å². The van der Waals surface area contributed by atoms with Crippen molar-refractivity contribution in [1.29, 1.82) is 0 Å². The van der Waals surface area contributed by atoms with Crippen LogP contribution in [0.5, 0.6) is 5.88 Å². The molecule has 0 spiro atoms. The Morgan fingerprint density at radius 2 is 1.57 bits per heavy atom. The summed E-state index contributed by atoms with van der Waals surface area (Å²) in [7, 11) is 0. The number of pyridine rings is 1. The van der Waals surface area contributed by atoms with E-state index in [9.17, 15) is 9.90 Å². The second-order valence-corrected chi connectivity index (χ2v) is 7.31. The summed E-state index contributed by atoms with van der Waals surface area (Å²) in [6.07, 6.45) is 0.934. The average molecular weight is 397 g/mol. The Morgan fingerprint density at radius 3 is 2.27 bits per heavy atom. The van der Waals surface area contributed by atoms with Gasteiger partial charge in [-0.2, -0.15) is 0 Å². The number of hydrogen-bond acceptors (Lipinski definition) is 3. The van der Waals surface area contributed by atoms with Crippen molar-refractivity contribution in [2.75, 3.05) is 0 Å². The van der Waals surface area contributed by atoms with Crippen LogP contribution in [-0.4, -0.2) is 22.2 Å². The Balaban J connectivity index is 1.73. The third kappa shape index (κ3) is 4.49. The van der Waals surface area contributed by atoms with E-state index in [2.05, 4.69) is 41.4 Å². The average Bonchev–Trinajstić information content (AvgIpc) is 2.78. The van der Waals surface area contributed by atoms with Crippen LogP contribution in [0.15, 0.2) is 84.9 Å². The summed E-state index contributed by atoms with van der Waals surface area (Å²) in [4.78, 5) is 15.8. The first-order valence-corrected chi connectivity index (χ1v) is 10.0. The SMILES string of the molecule is CC(Oc1cc(-c2ccccc2)c2cc(CCc3ccccc3)ccc2n1)C(=O)O. The minimum absolute atomic E-state index is 0.313. The van der Waals surface area contributed by atoms with Crippen molar-refractivity contribution in [3.63, 3.8) is 0 Å². The predicted octanol–water partition coefficient (Wildman–Crippen LogP) is 5.54. The molecule has 0 bridgehead atoms. The number of nitrogens with zero attached hydrogens (tertiary/aromatic N) is 1. The lowest BCUT2D eigenvalue weighted by molar-refractivity contribution is -0.144. The lowest BCUT2D eigenvalue weighted by atomic mass is 9.97. The highest BCUT2D eigenvalue weighted by Crippen LogP contribution is 2.32. The molecular formula is C26H23NO3. The molecule has 1 heterocycles. The van der Waals surface area contributed by atoms with Crippen molar-refractivity contribution in [3.8, 4) is 17.0 Å². The van der Waals surface area contributed by atoms with E-state index in [-0.39, 0.29) is 0 Å². The van der Waals surface area contributed by atoms with Crippen molar-refractivity contribution in [2.24, 2.45) is 0 Å². The molecule has 0 saturated carbocycles. The van der Waals surface area contributed by atoms with Crippen LogP contribution in [0, 0.1) is 0 Å². The quantitative estimate of drug-likeness (QED) is 0.445. The normalized spacial score (nSPS) is 11.9. The molecule has 150 valence electrons. The summed E-state index contributed by atoms with van der Waals surface area (Å²) in [6, 6.07) is 28.5. The maximum Gasteiger partial charge on any atom is 0.344 e. The number of carbonyl (C=O) groups is 1. The molecule has 4 rings (SSSR count). The van der Waals surface area contributed by atoms with Gasteiger partial charge in [-0.05, 0) is 54.2 Å². The van der Waals surface area contributed by atoms with Crippen LogP contribution in [0.25, 0.3) is 22.0 Å². The summed E-state index contributed by atoms with van der Waals surface area (Å²) in [5.74, 6) is -0.706. The van der Waals surface area contributed by atoms with Crippen LogP contribution in [0.1, 0.15) is 18.1 Å². The number of aliphatic carboxylic acids is 1. The van der Waals surface area contributed by atoms with Gasteiger partial charge in [0.15, 0.2) is 6.10 Å². The van der Waals surface area contributed by atoms with Gasteiger partial charge < -0.3 is 9.84 Å². The van der Waals surface area contributed by atoms with Crippen molar-refractivity contribution >= 4 is 16.9 Å². The van der Waals surface area contributed by atoms with Gasteiger partial charge in [0.25, 0.3) is 0 Å². The van der Waals surface area contributed by atoms with Gasteiger partial charge in [0.2, 0.25) is 5.88 Å². The Bertz CT molecular complexity index is 1160. The van der Waals surface area contributed by atoms with Gasteiger partial charge in [-0.15, -0.1) is 0 Å². The zero-order valence-corrected chi connectivity index (χ0v) is 16.8.